The zero-order valence-electron chi connectivity index (χ0n) is 12.4. The zero-order valence-corrected chi connectivity index (χ0v) is 13.2. The normalized spacial score (nSPS) is 10.7. The average molecular weight is 303 g/mol. The van der Waals surface area contributed by atoms with Gasteiger partial charge in [0.15, 0.2) is 4.90 Å². The number of hydrogen-bond acceptors (Lipinski definition) is 2. The maximum atomic E-state index is 10.8. The Bertz CT molecular complexity index is 636. The van der Waals surface area contributed by atoms with Gasteiger partial charge in [0.05, 0.1) is 0 Å². The van der Waals surface area contributed by atoms with Crippen LogP contribution in [0.15, 0.2) is 47.4 Å². The van der Waals surface area contributed by atoms with Crippen LogP contribution >= 0.6 is 0 Å². The largest absolute Gasteiger partial charge is 0.511 e. The highest BCUT2D eigenvalue weighted by Gasteiger charge is 2.20. The average Bonchev–Trinajstić information content (AvgIpc) is 2.43. The van der Waals surface area contributed by atoms with Gasteiger partial charge >= 0.3 is 6.16 Å². The minimum atomic E-state index is -1.27. The molecule has 3 nitrogen and oxygen atoms in total. The second-order valence-corrected chi connectivity index (χ2v) is 7.09. The van der Waals surface area contributed by atoms with E-state index in [-0.39, 0.29) is 10.9 Å². The van der Waals surface area contributed by atoms with Crippen LogP contribution in [-0.4, -0.2) is 23.8 Å². The first-order valence-corrected chi connectivity index (χ1v) is 8.68. The summed E-state index contributed by atoms with van der Waals surface area (Å²) in [6, 6.07) is 13.9. The lowest BCUT2D eigenvalue weighted by Gasteiger charge is -2.13. The van der Waals surface area contributed by atoms with Crippen LogP contribution in [0.25, 0.3) is 0 Å². The Morgan fingerprint density at radius 1 is 1.14 bits per heavy atom. The van der Waals surface area contributed by atoms with Gasteiger partial charge in [-0.05, 0) is 24.6 Å². The van der Waals surface area contributed by atoms with Crippen molar-refractivity contribution in [1.82, 2.24) is 0 Å². The molecule has 0 bridgehead atoms. The van der Waals surface area contributed by atoms with E-state index in [4.69, 9.17) is 9.84 Å². The van der Waals surface area contributed by atoms with E-state index >= 15 is 0 Å². The fraction of sp³-hybridized carbons (Fsp3) is 0.235. The Morgan fingerprint density at radius 3 is 2.38 bits per heavy atom. The summed E-state index contributed by atoms with van der Waals surface area (Å²) in [7, 11) is 0.102. The van der Waals surface area contributed by atoms with Gasteiger partial charge in [0, 0.05) is 28.4 Å². The van der Waals surface area contributed by atoms with E-state index in [9.17, 15) is 4.79 Å². The highest BCUT2D eigenvalue weighted by atomic mass is 32.2. The highest BCUT2D eigenvalue weighted by Crippen LogP contribution is 2.30. The minimum absolute atomic E-state index is 0.102. The van der Waals surface area contributed by atoms with Gasteiger partial charge in [-0.2, -0.15) is 0 Å². The molecule has 0 spiro atoms. The summed E-state index contributed by atoms with van der Waals surface area (Å²) in [5.74, 6) is 0.419. The molecule has 0 amide bonds. The maximum absolute atomic E-state index is 10.8. The van der Waals surface area contributed by atoms with E-state index in [2.05, 4.69) is 24.6 Å². The first-order chi connectivity index (χ1) is 9.99. The molecule has 0 atom stereocenters. The third kappa shape index (κ3) is 3.79. The third-order valence-corrected chi connectivity index (χ3v) is 4.63. The molecule has 0 saturated carbocycles. The van der Waals surface area contributed by atoms with Gasteiger partial charge in [0.1, 0.15) is 18.3 Å². The van der Waals surface area contributed by atoms with Gasteiger partial charge in [-0.15, -0.1) is 0 Å². The molecule has 2 aromatic rings. The van der Waals surface area contributed by atoms with E-state index in [1.807, 2.05) is 31.2 Å². The van der Waals surface area contributed by atoms with Crippen LogP contribution in [0.4, 0.5) is 4.79 Å². The Balaban J connectivity index is 2.46. The van der Waals surface area contributed by atoms with Crippen molar-refractivity contribution in [1.29, 1.82) is 0 Å². The summed E-state index contributed by atoms with van der Waals surface area (Å²) in [6.07, 6.45) is 3.84. The molecule has 110 valence electrons. The zero-order chi connectivity index (χ0) is 15.4. The number of ether oxygens (including phenoxy) is 1. The first kappa shape index (κ1) is 15.4. The van der Waals surface area contributed by atoms with Gasteiger partial charge in [-0.3, -0.25) is 0 Å². The molecular weight excluding hydrogens is 284 g/mol. The predicted molar refractivity (Wildman–Crippen MR) is 86.6 cm³/mol. The SMILES string of the molecule is Cc1c(OC(=O)O)ccc([S+](C)C)c1Cc1ccccc1. The molecule has 0 aromatic heterocycles. The summed E-state index contributed by atoms with van der Waals surface area (Å²) >= 11 is 0. The fourth-order valence-corrected chi connectivity index (χ4v) is 3.38. The molecule has 2 aromatic carbocycles. The quantitative estimate of drug-likeness (QED) is 0.530. The summed E-state index contributed by atoms with van der Waals surface area (Å²) in [5, 5.41) is 8.83. The van der Waals surface area contributed by atoms with E-state index in [1.165, 1.54) is 10.5 Å². The minimum Gasteiger partial charge on any atom is -0.449 e. The van der Waals surface area contributed by atoms with Crippen LogP contribution in [0, 0.1) is 6.92 Å². The van der Waals surface area contributed by atoms with Crippen LogP contribution in [0.3, 0.4) is 0 Å². The lowest BCUT2D eigenvalue weighted by atomic mass is 10.00. The van der Waals surface area contributed by atoms with Gasteiger partial charge in [-0.1, -0.05) is 30.3 Å². The van der Waals surface area contributed by atoms with Gasteiger partial charge in [0.2, 0.25) is 0 Å². The van der Waals surface area contributed by atoms with Crippen LogP contribution < -0.4 is 4.74 Å². The standard InChI is InChI=1S/C17H18O3S/c1-12-14(11-13-7-5-4-6-8-13)16(21(2)3)10-9-15(12)20-17(18)19/h4-10H,11H2,1-3H3/p+1. The fourth-order valence-electron chi connectivity index (χ4n) is 2.32. The summed E-state index contributed by atoms with van der Waals surface area (Å²) in [4.78, 5) is 12.0. The van der Waals surface area contributed by atoms with E-state index in [1.54, 1.807) is 6.07 Å². The van der Waals surface area contributed by atoms with Crippen LogP contribution in [-0.2, 0) is 17.3 Å². The van der Waals surface area contributed by atoms with Gasteiger partial charge in [-0.25, -0.2) is 4.79 Å². The molecule has 21 heavy (non-hydrogen) atoms. The molecule has 4 heteroatoms. The molecular formula is C17H19O3S+. The second-order valence-electron chi connectivity index (χ2n) is 5.01. The van der Waals surface area contributed by atoms with Crippen molar-refractivity contribution < 1.29 is 14.6 Å². The van der Waals surface area contributed by atoms with Crippen LogP contribution in [0.5, 0.6) is 5.75 Å². The number of hydrogen-bond donors (Lipinski definition) is 1. The Hall–Kier alpha value is -1.94. The molecule has 1 N–H and O–H groups in total. The molecule has 0 aliphatic carbocycles. The van der Waals surface area contributed by atoms with Crippen LogP contribution in [0.2, 0.25) is 0 Å². The third-order valence-electron chi connectivity index (χ3n) is 3.37. The van der Waals surface area contributed by atoms with Crippen molar-refractivity contribution in [3.63, 3.8) is 0 Å². The van der Waals surface area contributed by atoms with E-state index < -0.39 is 6.16 Å². The van der Waals surface area contributed by atoms with Gasteiger partial charge in [0.25, 0.3) is 0 Å². The molecule has 0 unspecified atom stereocenters. The molecule has 0 radical (unpaired) electrons. The van der Waals surface area contributed by atoms with E-state index in [0.717, 1.165) is 17.5 Å². The van der Waals surface area contributed by atoms with Crippen molar-refractivity contribution >= 4 is 17.1 Å². The number of carboxylic acid groups (broad SMARTS) is 1. The molecule has 0 heterocycles. The van der Waals surface area contributed by atoms with Gasteiger partial charge < -0.3 is 9.84 Å². The summed E-state index contributed by atoms with van der Waals surface area (Å²) < 4.78 is 4.88. The maximum Gasteiger partial charge on any atom is 0.511 e. The lowest BCUT2D eigenvalue weighted by Crippen LogP contribution is -2.09. The number of rotatable bonds is 4. The Morgan fingerprint density at radius 2 is 1.81 bits per heavy atom. The van der Waals surface area contributed by atoms with Crippen molar-refractivity contribution in [2.24, 2.45) is 0 Å². The monoisotopic (exact) mass is 303 g/mol. The van der Waals surface area contributed by atoms with Crippen molar-refractivity contribution in [2.75, 3.05) is 12.5 Å². The molecule has 0 aliphatic heterocycles. The molecule has 0 fully saturated rings. The lowest BCUT2D eigenvalue weighted by molar-refractivity contribution is 0.144. The highest BCUT2D eigenvalue weighted by molar-refractivity contribution is 7.95. The van der Waals surface area contributed by atoms with Crippen molar-refractivity contribution in [3.05, 3.63) is 59.2 Å². The summed E-state index contributed by atoms with van der Waals surface area (Å²) in [5.41, 5.74) is 3.27. The molecule has 0 saturated heterocycles. The predicted octanol–water partition coefficient (Wildman–Crippen LogP) is 3.88. The second kappa shape index (κ2) is 6.68. The molecule has 0 aliphatic rings. The number of benzene rings is 2. The smallest absolute Gasteiger partial charge is 0.449 e. The summed E-state index contributed by atoms with van der Waals surface area (Å²) in [6.45, 7) is 1.92. The topological polar surface area (TPSA) is 46.5 Å². The van der Waals surface area contributed by atoms with Crippen LogP contribution in [0.1, 0.15) is 16.7 Å². The Kier molecular flexibility index (Phi) is 4.91. The molecule has 2 rings (SSSR count). The first-order valence-electron chi connectivity index (χ1n) is 6.64. The number of carbonyl (C=O) groups is 1. The van der Waals surface area contributed by atoms with Crippen molar-refractivity contribution in [2.45, 2.75) is 18.2 Å². The Labute approximate surface area is 127 Å². The van der Waals surface area contributed by atoms with E-state index in [0.29, 0.717) is 5.75 Å². The van der Waals surface area contributed by atoms with Crippen molar-refractivity contribution in [3.8, 4) is 5.75 Å².